The summed E-state index contributed by atoms with van der Waals surface area (Å²) in [6, 6.07) is 9.48. The molecule has 25 heavy (non-hydrogen) atoms. The topological polar surface area (TPSA) is 70.1 Å². The van der Waals surface area contributed by atoms with Crippen LogP contribution in [0.1, 0.15) is 5.56 Å². The third kappa shape index (κ3) is 3.71. The lowest BCUT2D eigenvalue weighted by Gasteiger charge is -2.06. The molecule has 8 heteroatoms. The summed E-state index contributed by atoms with van der Waals surface area (Å²) in [5.41, 5.74) is 1.92. The monoisotopic (exact) mass is 393 g/mol. The van der Waals surface area contributed by atoms with Gasteiger partial charge in [-0.15, -0.1) is 11.3 Å². The molecule has 5 nitrogen and oxygen atoms in total. The van der Waals surface area contributed by atoms with Crippen molar-refractivity contribution in [3.05, 3.63) is 62.2 Å². The minimum absolute atomic E-state index is 0.0199. The molecule has 2 aromatic carbocycles. The number of hydrogen-bond acceptors (Lipinski definition) is 5. The first-order valence-electron chi connectivity index (χ1n) is 7.14. The highest BCUT2D eigenvalue weighted by Gasteiger charge is 2.11. The van der Waals surface area contributed by atoms with E-state index in [0.717, 1.165) is 11.3 Å². The molecule has 3 rings (SSSR count). The molecule has 0 spiro atoms. The van der Waals surface area contributed by atoms with Crippen molar-refractivity contribution in [3.8, 4) is 22.8 Å². The predicted octanol–water partition coefficient (Wildman–Crippen LogP) is 4.35. The lowest BCUT2D eigenvalue weighted by Crippen LogP contribution is -2.11. The SMILES string of the molecule is CN=c1scc(-c2cc(Cl)ccc2Cl)n1/N=C/c1ccc(O)cc1O. The van der Waals surface area contributed by atoms with Crippen molar-refractivity contribution in [2.75, 3.05) is 7.05 Å². The predicted molar refractivity (Wildman–Crippen MR) is 102 cm³/mol. The van der Waals surface area contributed by atoms with Crippen molar-refractivity contribution >= 4 is 40.8 Å². The Morgan fingerprint density at radius 1 is 1.12 bits per heavy atom. The number of benzene rings is 2. The van der Waals surface area contributed by atoms with E-state index in [-0.39, 0.29) is 11.5 Å². The molecular weight excluding hydrogens is 381 g/mol. The molecule has 0 amide bonds. The van der Waals surface area contributed by atoms with Crippen LogP contribution in [0.2, 0.25) is 10.0 Å². The third-order valence-corrected chi connectivity index (χ3v) is 4.88. The van der Waals surface area contributed by atoms with Gasteiger partial charge in [0.15, 0.2) is 0 Å². The number of rotatable bonds is 3. The molecule has 1 aromatic heterocycles. The Labute approximate surface area is 157 Å². The zero-order valence-electron chi connectivity index (χ0n) is 13.0. The van der Waals surface area contributed by atoms with Crippen LogP contribution >= 0.6 is 34.5 Å². The Kier molecular flexibility index (Phi) is 5.13. The number of nitrogens with zero attached hydrogens (tertiary/aromatic N) is 3. The van der Waals surface area contributed by atoms with Crippen molar-refractivity contribution in [2.24, 2.45) is 10.1 Å². The van der Waals surface area contributed by atoms with Gasteiger partial charge in [0.25, 0.3) is 0 Å². The van der Waals surface area contributed by atoms with Crippen molar-refractivity contribution < 1.29 is 10.2 Å². The van der Waals surface area contributed by atoms with Crippen molar-refractivity contribution in [2.45, 2.75) is 0 Å². The summed E-state index contributed by atoms with van der Waals surface area (Å²) in [4.78, 5) is 4.86. The van der Waals surface area contributed by atoms with Gasteiger partial charge in [-0.05, 0) is 30.3 Å². The Morgan fingerprint density at radius 3 is 2.64 bits per heavy atom. The second kappa shape index (κ2) is 7.31. The van der Waals surface area contributed by atoms with Crippen LogP contribution in [-0.2, 0) is 0 Å². The van der Waals surface area contributed by atoms with Crippen LogP contribution in [0.5, 0.6) is 11.5 Å². The molecule has 0 bridgehead atoms. The summed E-state index contributed by atoms with van der Waals surface area (Å²) >= 11 is 13.8. The van der Waals surface area contributed by atoms with Crippen LogP contribution in [-0.4, -0.2) is 28.2 Å². The maximum Gasteiger partial charge on any atom is 0.205 e. The summed E-state index contributed by atoms with van der Waals surface area (Å²) in [6.07, 6.45) is 1.48. The fourth-order valence-electron chi connectivity index (χ4n) is 2.20. The van der Waals surface area contributed by atoms with Gasteiger partial charge in [-0.1, -0.05) is 23.2 Å². The second-order valence-electron chi connectivity index (χ2n) is 5.05. The maximum atomic E-state index is 9.89. The number of aromatic nitrogens is 1. The highest BCUT2D eigenvalue weighted by atomic mass is 35.5. The average molecular weight is 394 g/mol. The van der Waals surface area contributed by atoms with E-state index in [2.05, 4.69) is 10.1 Å². The molecule has 0 unspecified atom stereocenters. The molecule has 1 heterocycles. The van der Waals surface area contributed by atoms with E-state index in [0.29, 0.717) is 20.4 Å². The highest BCUT2D eigenvalue weighted by Crippen LogP contribution is 2.31. The molecule has 0 atom stereocenters. The van der Waals surface area contributed by atoms with Crippen LogP contribution in [0.25, 0.3) is 11.3 Å². The minimum Gasteiger partial charge on any atom is -0.508 e. The Balaban J connectivity index is 2.11. The van der Waals surface area contributed by atoms with E-state index >= 15 is 0 Å². The Morgan fingerprint density at radius 2 is 1.92 bits per heavy atom. The van der Waals surface area contributed by atoms with Gasteiger partial charge in [-0.2, -0.15) is 5.10 Å². The van der Waals surface area contributed by atoms with Crippen molar-refractivity contribution in [1.29, 1.82) is 0 Å². The number of halogens is 2. The Hall–Kier alpha value is -2.28. The highest BCUT2D eigenvalue weighted by molar-refractivity contribution is 7.07. The summed E-state index contributed by atoms with van der Waals surface area (Å²) in [6.45, 7) is 0. The first kappa shape index (κ1) is 17.5. The van der Waals surface area contributed by atoms with E-state index in [9.17, 15) is 10.2 Å². The van der Waals surface area contributed by atoms with Crippen LogP contribution in [0.4, 0.5) is 0 Å². The van der Waals surface area contributed by atoms with Crippen LogP contribution in [0, 0.1) is 0 Å². The minimum atomic E-state index is -0.0723. The summed E-state index contributed by atoms with van der Waals surface area (Å²) in [5, 5.41) is 26.7. The molecule has 0 aliphatic heterocycles. The molecule has 0 fully saturated rings. The van der Waals surface area contributed by atoms with Crippen molar-refractivity contribution in [3.63, 3.8) is 0 Å². The van der Waals surface area contributed by atoms with Gasteiger partial charge in [-0.25, -0.2) is 4.68 Å². The van der Waals surface area contributed by atoms with Gasteiger partial charge in [-0.3, -0.25) is 4.99 Å². The molecule has 3 aromatic rings. The fourth-order valence-corrected chi connectivity index (χ4v) is 3.38. The van der Waals surface area contributed by atoms with E-state index in [1.54, 1.807) is 36.0 Å². The van der Waals surface area contributed by atoms with Gasteiger partial charge >= 0.3 is 0 Å². The lowest BCUT2D eigenvalue weighted by atomic mass is 10.2. The van der Waals surface area contributed by atoms with Gasteiger partial charge in [0, 0.05) is 34.6 Å². The van der Waals surface area contributed by atoms with Crippen LogP contribution in [0.3, 0.4) is 0 Å². The largest absolute Gasteiger partial charge is 0.508 e. The number of aromatic hydroxyl groups is 2. The number of phenols is 2. The van der Waals surface area contributed by atoms with Gasteiger partial charge in [0.1, 0.15) is 11.5 Å². The number of phenolic OH excluding ortho intramolecular Hbond substituents is 2. The number of thiazole rings is 1. The average Bonchev–Trinajstić information content (AvgIpc) is 2.99. The van der Waals surface area contributed by atoms with Gasteiger partial charge in [0.2, 0.25) is 4.80 Å². The molecule has 128 valence electrons. The molecule has 0 saturated carbocycles. The van der Waals surface area contributed by atoms with E-state index < -0.39 is 0 Å². The third-order valence-electron chi connectivity index (χ3n) is 3.41. The maximum absolute atomic E-state index is 9.89. The Bertz CT molecular complexity index is 1020. The zero-order valence-corrected chi connectivity index (χ0v) is 15.3. The quantitative estimate of drug-likeness (QED) is 0.649. The van der Waals surface area contributed by atoms with E-state index in [1.807, 2.05) is 5.38 Å². The fraction of sp³-hybridized carbons (Fsp3) is 0.0588. The smallest absolute Gasteiger partial charge is 0.205 e. The summed E-state index contributed by atoms with van der Waals surface area (Å²) in [7, 11) is 1.67. The second-order valence-corrected chi connectivity index (χ2v) is 6.73. The standard InChI is InChI=1S/C17H13Cl2N3O2S/c1-20-17-22(21-8-10-2-4-12(23)7-16(10)24)15(9-25-17)13-6-11(18)3-5-14(13)19/h2-9,23-24H,1H3/b20-17?,21-8+. The first-order valence-corrected chi connectivity index (χ1v) is 8.78. The molecule has 0 aliphatic rings. The van der Waals surface area contributed by atoms with Crippen LogP contribution < -0.4 is 4.80 Å². The van der Waals surface area contributed by atoms with E-state index in [4.69, 9.17) is 23.2 Å². The molecular formula is C17H13Cl2N3O2S. The first-order chi connectivity index (χ1) is 12.0. The number of hydrogen-bond donors (Lipinski definition) is 2. The summed E-state index contributed by atoms with van der Waals surface area (Å²) < 4.78 is 1.62. The van der Waals surface area contributed by atoms with Crippen LogP contribution in [0.15, 0.2) is 51.9 Å². The van der Waals surface area contributed by atoms with Gasteiger partial charge < -0.3 is 10.2 Å². The molecule has 0 radical (unpaired) electrons. The normalized spacial score (nSPS) is 12.2. The lowest BCUT2D eigenvalue weighted by molar-refractivity contribution is 0.450. The summed E-state index contributed by atoms with van der Waals surface area (Å²) in [5.74, 6) is -0.0922. The molecule has 0 saturated heterocycles. The molecule has 0 aliphatic carbocycles. The van der Waals surface area contributed by atoms with E-state index in [1.165, 1.54) is 29.7 Å². The zero-order chi connectivity index (χ0) is 18.0. The van der Waals surface area contributed by atoms with Crippen molar-refractivity contribution in [1.82, 2.24) is 4.68 Å². The van der Waals surface area contributed by atoms with Gasteiger partial charge in [0.05, 0.1) is 16.9 Å². The molecule has 2 N–H and O–H groups in total.